The molecular formula is C18H28N2O2. The molecule has 0 radical (unpaired) electrons. The van der Waals surface area contributed by atoms with Crippen LogP contribution in [-0.4, -0.2) is 53.5 Å². The number of carbonyl (C=O) groups is 1. The lowest BCUT2D eigenvalue weighted by Crippen LogP contribution is -2.50. The topological polar surface area (TPSA) is 43.8 Å². The van der Waals surface area contributed by atoms with Gasteiger partial charge in [-0.15, -0.1) is 0 Å². The number of aliphatic hydroxyl groups excluding tert-OH is 1. The Bertz CT molecular complexity index is 520. The van der Waals surface area contributed by atoms with Crippen LogP contribution in [0.15, 0.2) is 18.2 Å². The van der Waals surface area contributed by atoms with Crippen molar-refractivity contribution in [3.8, 4) is 0 Å². The van der Waals surface area contributed by atoms with Gasteiger partial charge in [-0.1, -0.05) is 32.0 Å². The van der Waals surface area contributed by atoms with E-state index >= 15 is 0 Å². The lowest BCUT2D eigenvalue weighted by molar-refractivity contribution is -0.136. The average molecular weight is 304 g/mol. The van der Waals surface area contributed by atoms with Crippen LogP contribution in [0.5, 0.6) is 0 Å². The average Bonchev–Trinajstić information content (AvgIpc) is 2.50. The highest BCUT2D eigenvalue weighted by atomic mass is 16.3. The van der Waals surface area contributed by atoms with Crippen molar-refractivity contribution >= 4 is 5.91 Å². The van der Waals surface area contributed by atoms with Crippen LogP contribution in [0.2, 0.25) is 0 Å². The second-order valence-corrected chi connectivity index (χ2v) is 6.64. The van der Waals surface area contributed by atoms with Gasteiger partial charge in [0.15, 0.2) is 0 Å². The molecule has 22 heavy (non-hydrogen) atoms. The Labute approximate surface area is 133 Å². The van der Waals surface area contributed by atoms with E-state index in [4.69, 9.17) is 0 Å². The van der Waals surface area contributed by atoms with Crippen LogP contribution in [0.3, 0.4) is 0 Å². The number of carbonyl (C=O) groups excluding carboxylic acids is 1. The fourth-order valence-electron chi connectivity index (χ4n) is 2.84. The quantitative estimate of drug-likeness (QED) is 0.927. The third kappa shape index (κ3) is 4.08. The van der Waals surface area contributed by atoms with Crippen molar-refractivity contribution < 1.29 is 9.90 Å². The molecule has 2 rings (SSSR count). The van der Waals surface area contributed by atoms with Crippen LogP contribution in [0, 0.1) is 19.8 Å². The molecular weight excluding hydrogens is 276 g/mol. The lowest BCUT2D eigenvalue weighted by Gasteiger charge is -2.36. The molecule has 1 N–H and O–H groups in total. The molecule has 122 valence electrons. The van der Waals surface area contributed by atoms with Crippen molar-refractivity contribution in [3.63, 3.8) is 0 Å². The number of nitrogens with zero attached hydrogens (tertiary/aromatic N) is 2. The maximum Gasteiger partial charge on any atom is 0.225 e. The van der Waals surface area contributed by atoms with Crippen LogP contribution < -0.4 is 0 Å². The van der Waals surface area contributed by atoms with Gasteiger partial charge in [0.25, 0.3) is 0 Å². The van der Waals surface area contributed by atoms with Crippen LogP contribution in [-0.2, 0) is 4.79 Å². The Morgan fingerprint density at radius 3 is 2.32 bits per heavy atom. The zero-order valence-electron chi connectivity index (χ0n) is 14.2. The van der Waals surface area contributed by atoms with E-state index in [2.05, 4.69) is 30.9 Å². The molecule has 1 atom stereocenters. The summed E-state index contributed by atoms with van der Waals surface area (Å²) < 4.78 is 0. The molecule has 1 amide bonds. The fourth-order valence-corrected chi connectivity index (χ4v) is 2.84. The Balaban J connectivity index is 1.87. The molecule has 1 heterocycles. The molecule has 4 heteroatoms. The van der Waals surface area contributed by atoms with Crippen LogP contribution >= 0.6 is 0 Å². The highest BCUT2D eigenvalue weighted by Crippen LogP contribution is 2.19. The maximum absolute atomic E-state index is 12.0. The first-order chi connectivity index (χ1) is 10.4. The zero-order valence-corrected chi connectivity index (χ0v) is 14.2. The second-order valence-electron chi connectivity index (χ2n) is 6.64. The van der Waals surface area contributed by atoms with Crippen molar-refractivity contribution in [2.75, 3.05) is 32.7 Å². The molecule has 0 unspecified atom stereocenters. The first kappa shape index (κ1) is 17.0. The molecule has 0 bridgehead atoms. The van der Waals surface area contributed by atoms with Crippen molar-refractivity contribution in [1.82, 2.24) is 9.80 Å². The minimum atomic E-state index is -0.466. The number of piperazine rings is 1. The summed E-state index contributed by atoms with van der Waals surface area (Å²) in [6, 6.07) is 6.14. The summed E-state index contributed by atoms with van der Waals surface area (Å²) in [6.45, 7) is 11.9. The monoisotopic (exact) mass is 304 g/mol. The third-order valence-corrected chi connectivity index (χ3v) is 4.52. The van der Waals surface area contributed by atoms with Crippen LogP contribution in [0.25, 0.3) is 0 Å². The van der Waals surface area contributed by atoms with Gasteiger partial charge >= 0.3 is 0 Å². The number of rotatable bonds is 4. The smallest absolute Gasteiger partial charge is 0.225 e. The van der Waals surface area contributed by atoms with Gasteiger partial charge in [-0.3, -0.25) is 9.69 Å². The van der Waals surface area contributed by atoms with E-state index < -0.39 is 6.10 Å². The predicted octanol–water partition coefficient (Wildman–Crippen LogP) is 2.14. The minimum absolute atomic E-state index is 0.0627. The summed E-state index contributed by atoms with van der Waals surface area (Å²) in [5.41, 5.74) is 3.43. The molecule has 1 aliphatic heterocycles. The van der Waals surface area contributed by atoms with Gasteiger partial charge in [0.1, 0.15) is 0 Å². The number of hydrogen-bond donors (Lipinski definition) is 1. The second kappa shape index (κ2) is 7.25. The Hall–Kier alpha value is -1.39. The summed E-state index contributed by atoms with van der Waals surface area (Å²) in [4.78, 5) is 16.1. The summed E-state index contributed by atoms with van der Waals surface area (Å²) >= 11 is 0. The zero-order chi connectivity index (χ0) is 16.3. The van der Waals surface area contributed by atoms with Crippen LogP contribution in [0.4, 0.5) is 0 Å². The van der Waals surface area contributed by atoms with Gasteiger partial charge in [-0.05, 0) is 30.5 Å². The SMILES string of the molecule is Cc1ccc([C@H](O)CN2CCN(C(=O)C(C)C)CC2)cc1C. The Kier molecular flexibility index (Phi) is 5.59. The number of aryl methyl sites for hydroxylation is 2. The van der Waals surface area contributed by atoms with Gasteiger partial charge in [0, 0.05) is 38.6 Å². The Morgan fingerprint density at radius 1 is 1.14 bits per heavy atom. The first-order valence-electron chi connectivity index (χ1n) is 8.15. The first-order valence-corrected chi connectivity index (χ1v) is 8.15. The largest absolute Gasteiger partial charge is 0.387 e. The van der Waals surface area contributed by atoms with Gasteiger partial charge < -0.3 is 10.0 Å². The highest BCUT2D eigenvalue weighted by molar-refractivity contribution is 5.78. The molecule has 1 saturated heterocycles. The van der Waals surface area contributed by atoms with E-state index in [0.29, 0.717) is 6.54 Å². The maximum atomic E-state index is 12.0. The molecule has 0 saturated carbocycles. The molecule has 1 aliphatic rings. The van der Waals surface area contributed by atoms with E-state index in [1.54, 1.807) is 0 Å². The standard InChI is InChI=1S/C18H28N2O2/c1-13(2)18(22)20-9-7-19(8-10-20)12-17(21)16-6-5-14(3)15(4)11-16/h5-6,11,13,17,21H,7-10,12H2,1-4H3/t17-/m1/s1. The molecule has 1 fully saturated rings. The fraction of sp³-hybridized carbons (Fsp3) is 0.611. The van der Waals surface area contributed by atoms with Gasteiger partial charge in [0.05, 0.1) is 6.10 Å². The number of benzene rings is 1. The minimum Gasteiger partial charge on any atom is -0.387 e. The van der Waals surface area contributed by atoms with Crippen molar-refractivity contribution in [2.45, 2.75) is 33.8 Å². The third-order valence-electron chi connectivity index (χ3n) is 4.52. The van der Waals surface area contributed by atoms with Crippen molar-refractivity contribution in [2.24, 2.45) is 5.92 Å². The van der Waals surface area contributed by atoms with E-state index in [-0.39, 0.29) is 11.8 Å². The summed E-state index contributed by atoms with van der Waals surface area (Å²) in [7, 11) is 0. The molecule has 0 aliphatic carbocycles. The van der Waals surface area contributed by atoms with E-state index in [9.17, 15) is 9.90 Å². The van der Waals surface area contributed by atoms with Crippen LogP contribution in [0.1, 0.15) is 36.6 Å². The van der Waals surface area contributed by atoms with E-state index in [0.717, 1.165) is 31.7 Å². The van der Waals surface area contributed by atoms with E-state index in [1.807, 2.05) is 24.8 Å². The van der Waals surface area contributed by atoms with Gasteiger partial charge in [0.2, 0.25) is 5.91 Å². The molecule has 1 aromatic carbocycles. The number of aliphatic hydroxyl groups is 1. The predicted molar refractivity (Wildman–Crippen MR) is 88.7 cm³/mol. The summed E-state index contributed by atoms with van der Waals surface area (Å²) in [6.07, 6.45) is -0.466. The number of amides is 1. The van der Waals surface area contributed by atoms with Crippen molar-refractivity contribution in [3.05, 3.63) is 34.9 Å². The summed E-state index contributed by atoms with van der Waals surface area (Å²) in [5, 5.41) is 10.4. The Morgan fingerprint density at radius 2 is 1.77 bits per heavy atom. The molecule has 1 aromatic rings. The van der Waals surface area contributed by atoms with Gasteiger partial charge in [-0.25, -0.2) is 0 Å². The lowest BCUT2D eigenvalue weighted by atomic mass is 10.0. The number of β-amino-alcohol motifs (C(OH)–C–C–N with tert-alkyl or cyclic N) is 1. The molecule has 0 spiro atoms. The number of hydrogen-bond acceptors (Lipinski definition) is 3. The summed E-state index contributed by atoms with van der Waals surface area (Å²) in [5.74, 6) is 0.294. The van der Waals surface area contributed by atoms with Gasteiger partial charge in [-0.2, -0.15) is 0 Å². The normalized spacial score (nSPS) is 17.8. The van der Waals surface area contributed by atoms with Crippen molar-refractivity contribution in [1.29, 1.82) is 0 Å². The molecule has 4 nitrogen and oxygen atoms in total. The van der Waals surface area contributed by atoms with E-state index in [1.165, 1.54) is 11.1 Å². The molecule has 0 aromatic heterocycles. The highest BCUT2D eigenvalue weighted by Gasteiger charge is 2.24.